The number of hydrogen-bond acceptors (Lipinski definition) is 3. The van der Waals surface area contributed by atoms with Crippen LogP contribution >= 0.6 is 0 Å². The minimum absolute atomic E-state index is 0.436. The Morgan fingerprint density at radius 3 is 1.90 bits per heavy atom. The Morgan fingerprint density at radius 2 is 1.25 bits per heavy atom. The molecule has 0 radical (unpaired) electrons. The van der Waals surface area contributed by atoms with Crippen LogP contribution in [-0.4, -0.2) is 31.3 Å². The summed E-state index contributed by atoms with van der Waals surface area (Å²) < 4.78 is 0. The molecule has 3 rings (SSSR count). The van der Waals surface area contributed by atoms with Gasteiger partial charge in [-0.2, -0.15) is 0 Å². The first kappa shape index (κ1) is 13.6. The maximum atomic E-state index is 10.2. The molecule has 2 saturated heterocycles. The molecule has 1 N–H and O–H groups in total. The van der Waals surface area contributed by atoms with Gasteiger partial charge in [0.15, 0.2) is 0 Å². The number of anilines is 2. The van der Waals surface area contributed by atoms with E-state index in [2.05, 4.69) is 21.9 Å². The van der Waals surface area contributed by atoms with Crippen molar-refractivity contribution in [1.29, 1.82) is 0 Å². The minimum atomic E-state index is 0.436. The van der Waals surface area contributed by atoms with Crippen LogP contribution in [0.4, 0.5) is 11.4 Å². The highest BCUT2D eigenvalue weighted by Crippen LogP contribution is 2.34. The summed E-state index contributed by atoms with van der Waals surface area (Å²) in [6, 6.07) is 6.16. The van der Waals surface area contributed by atoms with Crippen LogP contribution in [-0.2, 0) is 0 Å². The van der Waals surface area contributed by atoms with Crippen molar-refractivity contribution in [3.05, 3.63) is 18.2 Å². The van der Waals surface area contributed by atoms with Crippen molar-refractivity contribution in [3.63, 3.8) is 0 Å². The highest BCUT2D eigenvalue weighted by atomic mass is 16.3. The van der Waals surface area contributed by atoms with E-state index in [-0.39, 0.29) is 0 Å². The fourth-order valence-electron chi connectivity index (χ4n) is 3.43. The average Bonchev–Trinajstić information content (AvgIpc) is 2.78. The van der Waals surface area contributed by atoms with Gasteiger partial charge in [0.05, 0.1) is 5.69 Å². The lowest BCUT2D eigenvalue weighted by molar-refractivity contribution is 0.469. The lowest BCUT2D eigenvalue weighted by Crippen LogP contribution is -2.30. The summed E-state index contributed by atoms with van der Waals surface area (Å²) in [6.07, 6.45) is 9.10. The van der Waals surface area contributed by atoms with Crippen LogP contribution in [0, 0.1) is 0 Å². The molecule has 0 amide bonds. The van der Waals surface area contributed by atoms with Crippen LogP contribution in [0.5, 0.6) is 5.75 Å². The van der Waals surface area contributed by atoms with Gasteiger partial charge in [0, 0.05) is 31.9 Å². The van der Waals surface area contributed by atoms with Crippen molar-refractivity contribution in [3.8, 4) is 5.75 Å². The third-order valence-corrected chi connectivity index (χ3v) is 4.63. The molecular weight excluding hydrogens is 248 g/mol. The van der Waals surface area contributed by atoms with Crippen LogP contribution in [0.15, 0.2) is 18.2 Å². The summed E-state index contributed by atoms with van der Waals surface area (Å²) in [5.74, 6) is 0.436. The SMILES string of the molecule is Oc1ccc(N2CCCCCC2)cc1N1CCCCC1. The normalized spacial score (nSPS) is 20.8. The summed E-state index contributed by atoms with van der Waals surface area (Å²) in [7, 11) is 0. The minimum Gasteiger partial charge on any atom is -0.506 e. The van der Waals surface area contributed by atoms with Crippen molar-refractivity contribution in [2.45, 2.75) is 44.9 Å². The van der Waals surface area contributed by atoms with Gasteiger partial charge in [0.2, 0.25) is 0 Å². The molecule has 0 unspecified atom stereocenters. The number of aromatic hydroxyl groups is 1. The molecule has 0 aliphatic carbocycles. The predicted octanol–water partition coefficient (Wildman–Crippen LogP) is 3.76. The lowest BCUT2D eigenvalue weighted by atomic mass is 10.1. The Bertz CT molecular complexity index is 433. The van der Waals surface area contributed by atoms with Gasteiger partial charge in [-0.15, -0.1) is 0 Å². The zero-order valence-electron chi connectivity index (χ0n) is 12.4. The molecule has 0 atom stereocenters. The molecule has 0 aromatic heterocycles. The molecule has 2 aliphatic rings. The molecule has 1 aromatic rings. The van der Waals surface area contributed by atoms with E-state index in [1.165, 1.54) is 50.6 Å². The standard InChI is InChI=1S/C17H26N2O/c20-17-9-8-15(18-10-4-1-2-5-11-18)14-16(17)19-12-6-3-7-13-19/h8-9,14,20H,1-7,10-13H2. The van der Waals surface area contributed by atoms with E-state index in [4.69, 9.17) is 0 Å². The van der Waals surface area contributed by atoms with E-state index in [0.29, 0.717) is 5.75 Å². The molecule has 20 heavy (non-hydrogen) atoms. The smallest absolute Gasteiger partial charge is 0.139 e. The van der Waals surface area contributed by atoms with E-state index in [1.54, 1.807) is 0 Å². The van der Waals surface area contributed by atoms with Gasteiger partial charge in [-0.1, -0.05) is 12.8 Å². The maximum Gasteiger partial charge on any atom is 0.139 e. The molecule has 3 heteroatoms. The van der Waals surface area contributed by atoms with Crippen LogP contribution in [0.2, 0.25) is 0 Å². The van der Waals surface area contributed by atoms with Crippen molar-refractivity contribution >= 4 is 11.4 Å². The number of phenols is 1. The summed E-state index contributed by atoms with van der Waals surface area (Å²) in [5, 5.41) is 10.2. The molecule has 2 fully saturated rings. The summed E-state index contributed by atoms with van der Waals surface area (Å²) in [6.45, 7) is 4.47. The molecule has 0 saturated carbocycles. The maximum absolute atomic E-state index is 10.2. The molecule has 0 spiro atoms. The third kappa shape index (κ3) is 3.02. The van der Waals surface area contributed by atoms with Gasteiger partial charge in [-0.05, 0) is 50.3 Å². The van der Waals surface area contributed by atoms with E-state index < -0.39 is 0 Å². The Labute approximate surface area is 122 Å². The average molecular weight is 274 g/mol. The topological polar surface area (TPSA) is 26.7 Å². The van der Waals surface area contributed by atoms with Gasteiger partial charge >= 0.3 is 0 Å². The Morgan fingerprint density at radius 1 is 0.700 bits per heavy atom. The van der Waals surface area contributed by atoms with Crippen LogP contribution in [0.3, 0.4) is 0 Å². The fraction of sp³-hybridized carbons (Fsp3) is 0.647. The van der Waals surface area contributed by atoms with Crippen LogP contribution in [0.25, 0.3) is 0 Å². The van der Waals surface area contributed by atoms with Crippen molar-refractivity contribution in [2.24, 2.45) is 0 Å². The van der Waals surface area contributed by atoms with Crippen molar-refractivity contribution in [2.75, 3.05) is 36.0 Å². The number of hydrogen-bond donors (Lipinski definition) is 1. The first-order chi connectivity index (χ1) is 9.84. The third-order valence-electron chi connectivity index (χ3n) is 4.63. The number of nitrogens with zero attached hydrogens (tertiary/aromatic N) is 2. The van der Waals surface area contributed by atoms with Gasteiger partial charge in [0.1, 0.15) is 5.75 Å². The second-order valence-corrected chi connectivity index (χ2v) is 6.12. The second-order valence-electron chi connectivity index (χ2n) is 6.12. The Balaban J connectivity index is 1.81. The van der Waals surface area contributed by atoms with E-state index in [0.717, 1.165) is 31.9 Å². The lowest BCUT2D eigenvalue weighted by Gasteiger charge is -2.31. The molecule has 1 aromatic carbocycles. The Kier molecular flexibility index (Phi) is 4.34. The number of rotatable bonds is 2. The fourth-order valence-corrected chi connectivity index (χ4v) is 3.43. The monoisotopic (exact) mass is 274 g/mol. The summed E-state index contributed by atoms with van der Waals surface area (Å²) in [4.78, 5) is 4.83. The molecule has 2 heterocycles. The zero-order valence-corrected chi connectivity index (χ0v) is 12.4. The first-order valence-electron chi connectivity index (χ1n) is 8.17. The number of phenolic OH excluding ortho intramolecular Hbond substituents is 1. The first-order valence-corrected chi connectivity index (χ1v) is 8.17. The van der Waals surface area contributed by atoms with Gasteiger partial charge in [-0.3, -0.25) is 0 Å². The van der Waals surface area contributed by atoms with Crippen LogP contribution in [0.1, 0.15) is 44.9 Å². The van der Waals surface area contributed by atoms with E-state index in [1.807, 2.05) is 6.07 Å². The quantitative estimate of drug-likeness (QED) is 0.889. The molecular formula is C17H26N2O. The largest absolute Gasteiger partial charge is 0.506 e. The van der Waals surface area contributed by atoms with Gasteiger partial charge in [0.25, 0.3) is 0 Å². The van der Waals surface area contributed by atoms with Crippen molar-refractivity contribution < 1.29 is 5.11 Å². The molecule has 2 aliphatic heterocycles. The van der Waals surface area contributed by atoms with Gasteiger partial charge < -0.3 is 14.9 Å². The van der Waals surface area contributed by atoms with E-state index >= 15 is 0 Å². The number of benzene rings is 1. The Hall–Kier alpha value is -1.38. The van der Waals surface area contributed by atoms with Crippen molar-refractivity contribution in [1.82, 2.24) is 0 Å². The summed E-state index contributed by atoms with van der Waals surface area (Å²) >= 11 is 0. The highest BCUT2D eigenvalue weighted by molar-refractivity contribution is 5.66. The molecule has 110 valence electrons. The number of piperidine rings is 1. The zero-order chi connectivity index (χ0) is 13.8. The molecule has 0 bridgehead atoms. The predicted molar refractivity (Wildman–Crippen MR) is 84.9 cm³/mol. The highest BCUT2D eigenvalue weighted by Gasteiger charge is 2.17. The van der Waals surface area contributed by atoms with Crippen LogP contribution < -0.4 is 9.80 Å². The summed E-state index contributed by atoms with van der Waals surface area (Å²) in [5.41, 5.74) is 2.32. The second kappa shape index (κ2) is 6.38. The van der Waals surface area contributed by atoms with E-state index in [9.17, 15) is 5.11 Å². The van der Waals surface area contributed by atoms with Gasteiger partial charge in [-0.25, -0.2) is 0 Å². The molecule has 3 nitrogen and oxygen atoms in total.